The van der Waals surface area contributed by atoms with Crippen LogP contribution in [0, 0.1) is 0 Å². The van der Waals surface area contributed by atoms with E-state index in [1.165, 1.54) is 6.08 Å². The maximum atomic E-state index is 11.2. The Morgan fingerprint density at radius 3 is 2.59 bits per heavy atom. The highest BCUT2D eigenvalue weighted by atomic mass is 79.9. The Morgan fingerprint density at radius 2 is 2.00 bits per heavy atom. The monoisotopic (exact) mass is 370 g/mol. The zero-order chi connectivity index (χ0) is 16.3. The predicted octanol–water partition coefficient (Wildman–Crippen LogP) is 5.36. The van der Waals surface area contributed by atoms with Crippen molar-refractivity contribution >= 4 is 33.5 Å². The predicted molar refractivity (Wildman–Crippen MR) is 98.0 cm³/mol. The van der Waals surface area contributed by atoms with E-state index < -0.39 is 0 Å². The van der Waals surface area contributed by atoms with Gasteiger partial charge in [-0.2, -0.15) is 5.10 Å². The first-order valence-corrected chi connectivity index (χ1v) is 7.98. The zero-order valence-corrected chi connectivity index (χ0v) is 14.8. The minimum Gasteiger partial charge on any atom is -0.463 e. The van der Waals surface area contributed by atoms with Crippen LogP contribution in [0.4, 0.5) is 0 Å². The number of carbonyl (C=O) groups excluding carboxylic acids is 1. The van der Waals surface area contributed by atoms with Crippen molar-refractivity contribution in [1.82, 2.24) is 9.61 Å². The Kier molecular flexibility index (Phi) is 13.5. The van der Waals surface area contributed by atoms with Crippen molar-refractivity contribution in [1.29, 1.82) is 0 Å². The minimum absolute atomic E-state index is 0. The van der Waals surface area contributed by atoms with E-state index in [0.717, 1.165) is 15.6 Å². The van der Waals surface area contributed by atoms with Gasteiger partial charge in [-0.25, -0.2) is 9.31 Å². The molecule has 0 fully saturated rings. The summed E-state index contributed by atoms with van der Waals surface area (Å²) in [5, 5.41) is 4.19. The van der Waals surface area contributed by atoms with Crippen molar-refractivity contribution in [2.24, 2.45) is 0 Å². The number of pyridine rings is 1. The highest BCUT2D eigenvalue weighted by molar-refractivity contribution is 9.10. The quantitative estimate of drug-likeness (QED) is 0.539. The van der Waals surface area contributed by atoms with Crippen molar-refractivity contribution < 1.29 is 9.53 Å². The topological polar surface area (TPSA) is 43.6 Å². The molecular formula is C17H27BrN2O2. The standard InChI is InChI=1S/C12H11BrN2O2.2C2H6.CH4/c1-2-17-11(16)6-5-9-8-14-15-7-3-4-10(13)12(9)15;2*1-2;/h3-8H,2H2,1H3;2*1-2H3;1H4/b6-5+;;;. The summed E-state index contributed by atoms with van der Waals surface area (Å²) in [4.78, 5) is 11.2. The Labute approximate surface area is 142 Å². The summed E-state index contributed by atoms with van der Waals surface area (Å²) in [6.45, 7) is 10.2. The van der Waals surface area contributed by atoms with Gasteiger partial charge in [-0.05, 0) is 41.1 Å². The summed E-state index contributed by atoms with van der Waals surface area (Å²) in [5.74, 6) is -0.348. The molecule has 0 aromatic carbocycles. The van der Waals surface area contributed by atoms with E-state index in [4.69, 9.17) is 4.74 Å². The van der Waals surface area contributed by atoms with Crippen molar-refractivity contribution in [3.63, 3.8) is 0 Å². The molecule has 0 unspecified atom stereocenters. The van der Waals surface area contributed by atoms with Crippen molar-refractivity contribution in [3.8, 4) is 0 Å². The molecule has 0 aliphatic heterocycles. The molecule has 0 spiro atoms. The molecule has 124 valence electrons. The molecule has 2 rings (SSSR count). The van der Waals surface area contributed by atoms with E-state index in [1.54, 1.807) is 23.7 Å². The van der Waals surface area contributed by atoms with Gasteiger partial charge in [-0.3, -0.25) is 0 Å². The average Bonchev–Trinajstić information content (AvgIpc) is 2.94. The number of rotatable bonds is 3. The smallest absolute Gasteiger partial charge is 0.330 e. The minimum atomic E-state index is -0.348. The van der Waals surface area contributed by atoms with Crippen LogP contribution in [0.15, 0.2) is 35.1 Å². The number of nitrogens with zero attached hydrogens (tertiary/aromatic N) is 2. The van der Waals surface area contributed by atoms with Crippen molar-refractivity contribution in [2.75, 3.05) is 6.61 Å². The Hall–Kier alpha value is -1.62. The number of halogens is 1. The Morgan fingerprint density at radius 1 is 1.36 bits per heavy atom. The molecule has 0 atom stereocenters. The van der Waals surface area contributed by atoms with E-state index >= 15 is 0 Å². The Bertz CT molecular complexity index is 577. The number of fused-ring (bicyclic) bond motifs is 1. The Balaban J connectivity index is 0. The molecule has 0 saturated heterocycles. The lowest BCUT2D eigenvalue weighted by atomic mass is 10.2. The van der Waals surface area contributed by atoms with Crippen LogP contribution in [-0.4, -0.2) is 22.2 Å². The molecule has 22 heavy (non-hydrogen) atoms. The van der Waals surface area contributed by atoms with Crippen LogP contribution in [-0.2, 0) is 9.53 Å². The fraction of sp³-hybridized carbons (Fsp3) is 0.412. The first-order valence-electron chi connectivity index (χ1n) is 7.19. The van der Waals surface area contributed by atoms with Gasteiger partial charge in [-0.15, -0.1) is 0 Å². The molecule has 0 radical (unpaired) electrons. The number of aromatic nitrogens is 2. The molecule has 4 nitrogen and oxygen atoms in total. The van der Waals surface area contributed by atoms with E-state index in [2.05, 4.69) is 21.0 Å². The van der Waals surface area contributed by atoms with Crippen LogP contribution in [0.5, 0.6) is 0 Å². The van der Waals surface area contributed by atoms with Crippen molar-refractivity contribution in [3.05, 3.63) is 40.6 Å². The van der Waals surface area contributed by atoms with Gasteiger partial charge in [0.05, 0.1) is 18.3 Å². The van der Waals surface area contributed by atoms with Gasteiger partial charge in [0.15, 0.2) is 0 Å². The van der Waals surface area contributed by atoms with Crippen LogP contribution >= 0.6 is 15.9 Å². The molecule has 0 aliphatic rings. The molecule has 0 amide bonds. The fourth-order valence-electron chi connectivity index (χ4n) is 1.49. The molecule has 2 aromatic rings. The molecule has 5 heteroatoms. The fourth-order valence-corrected chi connectivity index (χ4v) is 2.06. The number of hydrogen-bond donors (Lipinski definition) is 0. The molecule has 0 saturated carbocycles. The summed E-state index contributed by atoms with van der Waals surface area (Å²) >= 11 is 3.45. The number of esters is 1. The molecular weight excluding hydrogens is 344 g/mol. The second-order valence-corrected chi connectivity index (χ2v) is 4.19. The van der Waals surface area contributed by atoms with Gasteiger partial charge < -0.3 is 4.74 Å². The van der Waals surface area contributed by atoms with Crippen LogP contribution in [0.2, 0.25) is 0 Å². The second kappa shape index (κ2) is 13.1. The van der Waals surface area contributed by atoms with E-state index in [0.29, 0.717) is 6.61 Å². The second-order valence-electron chi connectivity index (χ2n) is 3.33. The first-order chi connectivity index (χ1) is 10.2. The SMILES string of the molecule is C.CC.CC.CCOC(=O)/C=C/c1cnn2cccc(Br)c12. The normalized spacial score (nSPS) is 9.18. The largest absolute Gasteiger partial charge is 0.463 e. The lowest BCUT2D eigenvalue weighted by Crippen LogP contribution is -1.98. The summed E-state index contributed by atoms with van der Waals surface area (Å²) in [5.41, 5.74) is 1.79. The van der Waals surface area contributed by atoms with Crippen molar-refractivity contribution in [2.45, 2.75) is 42.0 Å². The molecule has 0 bridgehead atoms. The lowest BCUT2D eigenvalue weighted by Gasteiger charge is -1.97. The van der Waals surface area contributed by atoms with E-state index in [1.807, 2.05) is 46.0 Å². The summed E-state index contributed by atoms with van der Waals surface area (Å²) in [6.07, 6.45) is 6.66. The molecule has 2 heterocycles. The van der Waals surface area contributed by atoms with Crippen LogP contribution < -0.4 is 0 Å². The highest BCUT2D eigenvalue weighted by Crippen LogP contribution is 2.22. The molecule has 2 aromatic heterocycles. The summed E-state index contributed by atoms with van der Waals surface area (Å²) < 4.78 is 7.49. The van der Waals surface area contributed by atoms with Gasteiger partial charge in [0.1, 0.15) is 0 Å². The van der Waals surface area contributed by atoms with E-state index in [9.17, 15) is 4.79 Å². The maximum absolute atomic E-state index is 11.2. The van der Waals surface area contributed by atoms with Gasteiger partial charge >= 0.3 is 5.97 Å². The molecule has 0 N–H and O–H groups in total. The molecule has 0 aliphatic carbocycles. The zero-order valence-electron chi connectivity index (χ0n) is 13.3. The first kappa shape index (κ1) is 22.7. The average molecular weight is 371 g/mol. The van der Waals surface area contributed by atoms with Crippen LogP contribution in [0.25, 0.3) is 11.6 Å². The third-order valence-corrected chi connectivity index (χ3v) is 2.85. The van der Waals surface area contributed by atoms with Gasteiger partial charge in [0, 0.05) is 22.3 Å². The van der Waals surface area contributed by atoms with Gasteiger partial charge in [-0.1, -0.05) is 35.1 Å². The van der Waals surface area contributed by atoms with Crippen LogP contribution in [0.1, 0.15) is 47.6 Å². The van der Waals surface area contributed by atoms with Gasteiger partial charge in [0.2, 0.25) is 0 Å². The highest BCUT2D eigenvalue weighted by Gasteiger charge is 2.05. The third-order valence-electron chi connectivity index (χ3n) is 2.21. The third kappa shape index (κ3) is 6.43. The number of hydrogen-bond acceptors (Lipinski definition) is 3. The summed E-state index contributed by atoms with van der Waals surface area (Å²) in [7, 11) is 0. The van der Waals surface area contributed by atoms with Gasteiger partial charge in [0.25, 0.3) is 0 Å². The maximum Gasteiger partial charge on any atom is 0.330 e. The number of ether oxygens (including phenoxy) is 1. The van der Waals surface area contributed by atoms with E-state index in [-0.39, 0.29) is 13.4 Å². The number of carbonyl (C=O) groups is 1. The van der Waals surface area contributed by atoms with Crippen LogP contribution in [0.3, 0.4) is 0 Å². The lowest BCUT2D eigenvalue weighted by molar-refractivity contribution is -0.137. The summed E-state index contributed by atoms with van der Waals surface area (Å²) in [6, 6.07) is 3.82.